The summed E-state index contributed by atoms with van der Waals surface area (Å²) in [6, 6.07) is 13.3. The third kappa shape index (κ3) is 6.33. The number of aromatic hydroxyl groups is 1. The topological polar surface area (TPSA) is 135 Å². The van der Waals surface area contributed by atoms with Crippen LogP contribution in [0, 0.1) is 0 Å². The van der Waals surface area contributed by atoms with Crippen LogP contribution >= 0.6 is 0 Å². The Balaban J connectivity index is 0.000000216. The van der Waals surface area contributed by atoms with Crippen molar-refractivity contribution >= 4 is 22.8 Å². The van der Waals surface area contributed by atoms with Gasteiger partial charge in [0.1, 0.15) is 17.8 Å². The summed E-state index contributed by atoms with van der Waals surface area (Å²) in [4.78, 5) is 24.7. The number of phenolic OH excluding ortho intramolecular Hbond substituents is 1. The number of rotatable bonds is 8. The molecule has 0 unspecified atom stereocenters. The standard InChI is InChI=1S/C12H14N2O2.C10H13NO3/c1-13-11(12(15)16)6-8-7-14-10-5-3-2-4-9(8)10;1-11-9(10(13)14)6-7-2-4-8(12)5-3-7/h2-5,7,11,13-14H,6H2,1H3,(H,15,16);2-5,9,11-12H,6H2,1H3,(H,13,14)/t11-;9-/m00/s1. The van der Waals surface area contributed by atoms with Crippen LogP contribution in [-0.4, -0.2) is 58.4 Å². The molecule has 6 N–H and O–H groups in total. The van der Waals surface area contributed by atoms with Gasteiger partial charge in [0.25, 0.3) is 0 Å². The normalized spacial score (nSPS) is 12.6. The summed E-state index contributed by atoms with van der Waals surface area (Å²) in [5.74, 6) is -1.52. The number of aromatic amines is 1. The van der Waals surface area contributed by atoms with Gasteiger partial charge in [0.15, 0.2) is 0 Å². The molecular formula is C22H27N3O5. The van der Waals surface area contributed by atoms with Crippen LogP contribution in [0.1, 0.15) is 11.1 Å². The van der Waals surface area contributed by atoms with Gasteiger partial charge in [0.2, 0.25) is 0 Å². The molecule has 2 aromatic carbocycles. The van der Waals surface area contributed by atoms with E-state index in [0.717, 1.165) is 22.0 Å². The van der Waals surface area contributed by atoms with Crippen molar-refractivity contribution in [1.29, 1.82) is 0 Å². The summed E-state index contributed by atoms with van der Waals surface area (Å²) < 4.78 is 0. The molecule has 0 bridgehead atoms. The predicted molar refractivity (Wildman–Crippen MR) is 115 cm³/mol. The van der Waals surface area contributed by atoms with Gasteiger partial charge in [-0.2, -0.15) is 0 Å². The van der Waals surface area contributed by atoms with Crippen LogP contribution in [-0.2, 0) is 22.4 Å². The van der Waals surface area contributed by atoms with Crippen molar-refractivity contribution < 1.29 is 24.9 Å². The third-order valence-corrected chi connectivity index (χ3v) is 4.77. The molecule has 2 atom stereocenters. The van der Waals surface area contributed by atoms with Crippen LogP contribution < -0.4 is 10.6 Å². The van der Waals surface area contributed by atoms with Gasteiger partial charge in [-0.1, -0.05) is 30.3 Å². The molecule has 0 amide bonds. The molecule has 0 saturated heterocycles. The van der Waals surface area contributed by atoms with E-state index in [2.05, 4.69) is 15.6 Å². The Morgan fingerprint density at radius 3 is 2.03 bits per heavy atom. The van der Waals surface area contributed by atoms with Gasteiger partial charge in [-0.15, -0.1) is 0 Å². The minimum Gasteiger partial charge on any atom is -0.508 e. The minimum absolute atomic E-state index is 0.185. The van der Waals surface area contributed by atoms with Crippen LogP contribution in [0.4, 0.5) is 0 Å². The number of aromatic nitrogens is 1. The number of hydrogen-bond donors (Lipinski definition) is 6. The molecule has 0 saturated carbocycles. The fourth-order valence-electron chi connectivity index (χ4n) is 3.01. The van der Waals surface area contributed by atoms with Crippen LogP contribution in [0.2, 0.25) is 0 Å². The number of likely N-dealkylation sites (N-methyl/N-ethyl adjacent to an activating group) is 2. The van der Waals surface area contributed by atoms with Crippen molar-refractivity contribution in [2.75, 3.05) is 14.1 Å². The Kier molecular flexibility index (Phi) is 8.40. The Labute approximate surface area is 174 Å². The summed E-state index contributed by atoms with van der Waals surface area (Å²) in [5.41, 5.74) is 2.94. The first-order chi connectivity index (χ1) is 14.3. The highest BCUT2D eigenvalue weighted by Gasteiger charge is 2.17. The first kappa shape index (κ1) is 22.9. The van der Waals surface area contributed by atoms with E-state index in [-0.39, 0.29) is 5.75 Å². The van der Waals surface area contributed by atoms with E-state index in [9.17, 15) is 9.59 Å². The Bertz CT molecular complexity index is 968. The quantitative estimate of drug-likeness (QED) is 0.332. The number of aliphatic carboxylic acids is 2. The summed E-state index contributed by atoms with van der Waals surface area (Å²) in [7, 11) is 3.27. The van der Waals surface area contributed by atoms with Crippen molar-refractivity contribution in [3.8, 4) is 5.75 Å². The lowest BCUT2D eigenvalue weighted by Gasteiger charge is -2.10. The number of nitrogens with one attached hydrogen (secondary N) is 3. The van der Waals surface area contributed by atoms with Gasteiger partial charge >= 0.3 is 11.9 Å². The van der Waals surface area contributed by atoms with Gasteiger partial charge < -0.3 is 30.9 Å². The first-order valence-electron chi connectivity index (χ1n) is 9.48. The number of carboxylic acids is 2. The zero-order valence-corrected chi connectivity index (χ0v) is 16.9. The maximum absolute atomic E-state index is 10.9. The number of H-pyrrole nitrogens is 1. The fourth-order valence-corrected chi connectivity index (χ4v) is 3.01. The van der Waals surface area contributed by atoms with Crippen molar-refractivity contribution in [3.05, 3.63) is 65.9 Å². The first-order valence-corrected chi connectivity index (χ1v) is 9.48. The molecular weight excluding hydrogens is 386 g/mol. The minimum atomic E-state index is -0.874. The smallest absolute Gasteiger partial charge is 0.321 e. The second kappa shape index (κ2) is 11.0. The maximum Gasteiger partial charge on any atom is 0.321 e. The van der Waals surface area contributed by atoms with Gasteiger partial charge in [-0.25, -0.2) is 0 Å². The van der Waals surface area contributed by atoms with Crippen molar-refractivity contribution in [1.82, 2.24) is 15.6 Å². The van der Waals surface area contributed by atoms with Gasteiger partial charge in [0, 0.05) is 23.5 Å². The number of fused-ring (bicyclic) bond motifs is 1. The number of carboxylic acid groups (broad SMARTS) is 2. The van der Waals surface area contributed by atoms with Crippen LogP contribution in [0.15, 0.2) is 54.7 Å². The van der Waals surface area contributed by atoms with Crippen molar-refractivity contribution in [2.24, 2.45) is 0 Å². The summed E-state index contributed by atoms with van der Waals surface area (Å²) in [5, 5.41) is 33.4. The third-order valence-electron chi connectivity index (χ3n) is 4.77. The molecule has 1 heterocycles. The van der Waals surface area contributed by atoms with Gasteiger partial charge in [0.05, 0.1) is 0 Å². The molecule has 30 heavy (non-hydrogen) atoms. The monoisotopic (exact) mass is 413 g/mol. The number of hydrogen-bond acceptors (Lipinski definition) is 5. The molecule has 0 fully saturated rings. The van der Waals surface area contributed by atoms with Gasteiger partial charge in [-0.3, -0.25) is 9.59 Å². The van der Waals surface area contributed by atoms with E-state index in [1.165, 1.54) is 0 Å². The molecule has 0 aliphatic heterocycles. The summed E-state index contributed by atoms with van der Waals surface area (Å²) in [6.45, 7) is 0. The highest BCUT2D eigenvalue weighted by Crippen LogP contribution is 2.19. The Morgan fingerprint density at radius 2 is 1.47 bits per heavy atom. The molecule has 0 aliphatic carbocycles. The zero-order valence-electron chi connectivity index (χ0n) is 16.9. The molecule has 3 aromatic rings. The molecule has 8 heteroatoms. The lowest BCUT2D eigenvalue weighted by atomic mass is 10.1. The predicted octanol–water partition coefficient (Wildman–Crippen LogP) is 1.99. The zero-order chi connectivity index (χ0) is 22.1. The second-order valence-electron chi connectivity index (χ2n) is 6.79. The Morgan fingerprint density at radius 1 is 0.900 bits per heavy atom. The lowest BCUT2D eigenvalue weighted by molar-refractivity contribution is -0.140. The summed E-state index contributed by atoms with van der Waals surface area (Å²) >= 11 is 0. The Hall–Kier alpha value is -3.36. The number of benzene rings is 2. The average Bonchev–Trinajstić information content (AvgIpc) is 3.14. The van der Waals surface area contributed by atoms with Gasteiger partial charge in [-0.05, 0) is 49.8 Å². The van der Waals surface area contributed by atoms with E-state index in [0.29, 0.717) is 12.8 Å². The number of phenols is 1. The molecule has 3 rings (SSSR count). The number of para-hydroxylation sites is 1. The van der Waals surface area contributed by atoms with Crippen LogP contribution in [0.25, 0.3) is 10.9 Å². The fraction of sp³-hybridized carbons (Fsp3) is 0.273. The maximum atomic E-state index is 10.9. The molecule has 0 aliphatic rings. The average molecular weight is 413 g/mol. The van der Waals surface area contributed by atoms with Crippen LogP contribution in [0.3, 0.4) is 0 Å². The molecule has 1 aromatic heterocycles. The van der Waals surface area contributed by atoms with Crippen LogP contribution in [0.5, 0.6) is 5.75 Å². The van der Waals surface area contributed by atoms with E-state index in [1.54, 1.807) is 38.4 Å². The molecule has 0 spiro atoms. The van der Waals surface area contributed by atoms with Crippen molar-refractivity contribution in [3.63, 3.8) is 0 Å². The highest BCUT2D eigenvalue weighted by atomic mass is 16.4. The van der Waals surface area contributed by atoms with Crippen molar-refractivity contribution in [2.45, 2.75) is 24.9 Å². The molecule has 8 nitrogen and oxygen atoms in total. The number of carbonyl (C=O) groups is 2. The largest absolute Gasteiger partial charge is 0.508 e. The second-order valence-corrected chi connectivity index (χ2v) is 6.79. The van der Waals surface area contributed by atoms with E-state index >= 15 is 0 Å². The SMILES string of the molecule is CN[C@@H](Cc1c[nH]c2ccccc12)C(=O)O.CN[C@@H](Cc1ccc(O)cc1)C(=O)O. The van der Waals surface area contributed by atoms with E-state index in [1.807, 2.05) is 30.5 Å². The lowest BCUT2D eigenvalue weighted by Crippen LogP contribution is -2.35. The van der Waals surface area contributed by atoms with E-state index in [4.69, 9.17) is 15.3 Å². The highest BCUT2D eigenvalue weighted by molar-refractivity contribution is 5.84. The molecule has 0 radical (unpaired) electrons. The van der Waals surface area contributed by atoms with E-state index < -0.39 is 24.0 Å². The summed E-state index contributed by atoms with van der Waals surface area (Å²) in [6.07, 6.45) is 2.76. The molecule has 160 valence electrons.